The molecule has 1 fully saturated rings. The SMILES string of the molecule is CC1(C)CC(Nc2ccc3nnc(C(F)F)n3n2)C(C)(C)O1. The van der Waals surface area contributed by atoms with Crippen molar-refractivity contribution in [2.75, 3.05) is 5.32 Å². The summed E-state index contributed by atoms with van der Waals surface area (Å²) in [4.78, 5) is 0. The number of fused-ring (bicyclic) bond motifs is 1. The summed E-state index contributed by atoms with van der Waals surface area (Å²) in [7, 11) is 0. The molecule has 1 atom stereocenters. The highest BCUT2D eigenvalue weighted by atomic mass is 19.3. The summed E-state index contributed by atoms with van der Waals surface area (Å²) >= 11 is 0. The van der Waals surface area contributed by atoms with Crippen LogP contribution in [0.25, 0.3) is 5.65 Å². The molecular weight excluding hydrogens is 292 g/mol. The van der Waals surface area contributed by atoms with Crippen LogP contribution in [-0.4, -0.2) is 37.1 Å². The molecule has 0 amide bonds. The lowest BCUT2D eigenvalue weighted by Gasteiger charge is -2.28. The molecule has 1 aliphatic heterocycles. The molecule has 8 heteroatoms. The van der Waals surface area contributed by atoms with Crippen LogP contribution in [0.5, 0.6) is 0 Å². The molecule has 0 aliphatic carbocycles. The highest BCUT2D eigenvalue weighted by Gasteiger charge is 2.46. The summed E-state index contributed by atoms with van der Waals surface area (Å²) in [5.74, 6) is 0.0366. The predicted molar refractivity (Wildman–Crippen MR) is 77.0 cm³/mol. The number of anilines is 1. The topological polar surface area (TPSA) is 64.3 Å². The minimum absolute atomic E-state index is 0.0268. The first kappa shape index (κ1) is 15.1. The Balaban J connectivity index is 1.90. The zero-order valence-electron chi connectivity index (χ0n) is 13.0. The van der Waals surface area contributed by atoms with Crippen molar-refractivity contribution >= 4 is 11.5 Å². The minimum atomic E-state index is -2.72. The van der Waals surface area contributed by atoms with E-state index < -0.39 is 12.2 Å². The number of aromatic nitrogens is 4. The zero-order chi connectivity index (χ0) is 16.1. The third-order valence-corrected chi connectivity index (χ3v) is 3.88. The predicted octanol–water partition coefficient (Wildman–Crippen LogP) is 2.82. The van der Waals surface area contributed by atoms with Gasteiger partial charge in [0, 0.05) is 0 Å². The van der Waals surface area contributed by atoms with Crippen molar-refractivity contribution in [2.24, 2.45) is 0 Å². The van der Waals surface area contributed by atoms with Crippen LogP contribution in [0.2, 0.25) is 0 Å². The standard InChI is InChI=1S/C14H19F2N5O/c1-13(2)7-8(14(3,4)22-13)17-9-5-6-10-18-19-12(11(15)16)21(10)20-9/h5-6,8,11H,7H2,1-4H3,(H,17,20). The number of hydrogen-bond donors (Lipinski definition) is 1. The van der Waals surface area contributed by atoms with E-state index in [1.807, 2.05) is 27.7 Å². The van der Waals surface area contributed by atoms with Crippen molar-refractivity contribution in [1.82, 2.24) is 19.8 Å². The third kappa shape index (κ3) is 2.63. The summed E-state index contributed by atoms with van der Waals surface area (Å²) in [6.07, 6.45) is -1.92. The number of hydrogen-bond acceptors (Lipinski definition) is 5. The maximum Gasteiger partial charge on any atom is 0.299 e. The molecule has 1 unspecified atom stereocenters. The van der Waals surface area contributed by atoms with Gasteiger partial charge in [0.25, 0.3) is 6.43 Å². The molecule has 1 saturated heterocycles. The maximum absolute atomic E-state index is 12.9. The number of halogens is 2. The van der Waals surface area contributed by atoms with Crippen molar-refractivity contribution in [2.45, 2.75) is 57.8 Å². The first-order chi connectivity index (χ1) is 10.2. The van der Waals surface area contributed by atoms with Gasteiger partial charge in [-0.05, 0) is 46.2 Å². The van der Waals surface area contributed by atoms with Crippen LogP contribution in [0.3, 0.4) is 0 Å². The fourth-order valence-electron chi connectivity index (χ4n) is 2.98. The molecule has 1 aliphatic rings. The van der Waals surface area contributed by atoms with E-state index in [4.69, 9.17) is 4.74 Å². The summed E-state index contributed by atoms with van der Waals surface area (Å²) < 4.78 is 32.9. The highest BCUT2D eigenvalue weighted by Crippen LogP contribution is 2.38. The average Bonchev–Trinajstić information content (AvgIpc) is 2.87. The van der Waals surface area contributed by atoms with Gasteiger partial charge >= 0.3 is 0 Å². The van der Waals surface area contributed by atoms with Gasteiger partial charge < -0.3 is 10.1 Å². The Kier molecular flexibility index (Phi) is 3.32. The summed E-state index contributed by atoms with van der Waals surface area (Å²) in [5, 5.41) is 14.6. The first-order valence-corrected chi connectivity index (χ1v) is 7.15. The van der Waals surface area contributed by atoms with Gasteiger partial charge in [-0.25, -0.2) is 8.78 Å². The van der Waals surface area contributed by atoms with E-state index in [1.165, 1.54) is 0 Å². The fourth-order valence-corrected chi connectivity index (χ4v) is 2.98. The van der Waals surface area contributed by atoms with Gasteiger partial charge in [-0.2, -0.15) is 4.52 Å². The molecule has 120 valence electrons. The number of ether oxygens (including phenoxy) is 1. The third-order valence-electron chi connectivity index (χ3n) is 3.88. The van der Waals surface area contributed by atoms with Gasteiger partial charge in [0.2, 0.25) is 5.82 Å². The molecule has 2 aromatic rings. The monoisotopic (exact) mass is 311 g/mol. The van der Waals surface area contributed by atoms with Gasteiger partial charge in [-0.1, -0.05) is 0 Å². The van der Waals surface area contributed by atoms with Crippen molar-refractivity contribution in [3.8, 4) is 0 Å². The van der Waals surface area contributed by atoms with E-state index in [9.17, 15) is 8.78 Å². The molecule has 1 N–H and O–H groups in total. The number of nitrogens with zero attached hydrogens (tertiary/aromatic N) is 4. The second-order valence-corrected chi connectivity index (χ2v) is 6.71. The smallest absolute Gasteiger partial charge is 0.299 e. The highest BCUT2D eigenvalue weighted by molar-refractivity contribution is 5.45. The quantitative estimate of drug-likeness (QED) is 0.944. The Labute approximate surface area is 126 Å². The minimum Gasteiger partial charge on any atom is -0.367 e. The second-order valence-electron chi connectivity index (χ2n) is 6.71. The molecule has 6 nitrogen and oxygen atoms in total. The van der Waals surface area contributed by atoms with Crippen molar-refractivity contribution < 1.29 is 13.5 Å². The number of nitrogens with one attached hydrogen (secondary N) is 1. The average molecular weight is 311 g/mol. The van der Waals surface area contributed by atoms with Crippen LogP contribution < -0.4 is 5.32 Å². The molecule has 0 aromatic carbocycles. The van der Waals surface area contributed by atoms with Gasteiger partial charge in [-0.15, -0.1) is 15.3 Å². The van der Waals surface area contributed by atoms with Crippen LogP contribution in [0.1, 0.15) is 46.4 Å². The lowest BCUT2D eigenvalue weighted by molar-refractivity contribution is -0.0662. The molecule has 3 rings (SSSR count). The molecule has 22 heavy (non-hydrogen) atoms. The normalized spacial score (nSPS) is 23.3. The van der Waals surface area contributed by atoms with Gasteiger partial charge in [0.15, 0.2) is 5.65 Å². The Morgan fingerprint density at radius 3 is 2.59 bits per heavy atom. The Morgan fingerprint density at radius 2 is 2.00 bits per heavy atom. The Hall–Kier alpha value is -1.83. The largest absolute Gasteiger partial charge is 0.367 e. The molecule has 3 heterocycles. The second kappa shape index (κ2) is 4.84. The molecule has 2 aromatic heterocycles. The van der Waals surface area contributed by atoms with E-state index >= 15 is 0 Å². The summed E-state index contributed by atoms with van der Waals surface area (Å²) in [6.45, 7) is 8.06. The number of alkyl halides is 2. The summed E-state index contributed by atoms with van der Waals surface area (Å²) in [5.41, 5.74) is -0.322. The van der Waals surface area contributed by atoms with Gasteiger partial charge in [-0.3, -0.25) is 0 Å². The Bertz CT molecular complexity index is 698. The van der Waals surface area contributed by atoms with Crippen LogP contribution in [0.4, 0.5) is 14.6 Å². The maximum atomic E-state index is 12.9. The van der Waals surface area contributed by atoms with E-state index in [0.29, 0.717) is 11.5 Å². The van der Waals surface area contributed by atoms with E-state index in [1.54, 1.807) is 12.1 Å². The Morgan fingerprint density at radius 1 is 1.27 bits per heavy atom. The van der Waals surface area contributed by atoms with Crippen molar-refractivity contribution in [3.05, 3.63) is 18.0 Å². The van der Waals surface area contributed by atoms with E-state index in [2.05, 4.69) is 20.6 Å². The van der Waals surface area contributed by atoms with Crippen LogP contribution >= 0.6 is 0 Å². The molecule has 0 radical (unpaired) electrons. The molecule has 0 saturated carbocycles. The van der Waals surface area contributed by atoms with Crippen LogP contribution in [-0.2, 0) is 4.74 Å². The van der Waals surface area contributed by atoms with Crippen molar-refractivity contribution in [3.63, 3.8) is 0 Å². The molecule has 0 bridgehead atoms. The molecular formula is C14H19F2N5O. The van der Waals surface area contributed by atoms with E-state index in [0.717, 1.165) is 10.9 Å². The van der Waals surface area contributed by atoms with Gasteiger partial charge in [0.05, 0.1) is 17.2 Å². The van der Waals surface area contributed by atoms with Crippen LogP contribution in [0.15, 0.2) is 12.1 Å². The van der Waals surface area contributed by atoms with Crippen molar-refractivity contribution in [1.29, 1.82) is 0 Å². The summed E-state index contributed by atoms with van der Waals surface area (Å²) in [6, 6.07) is 3.35. The van der Waals surface area contributed by atoms with Crippen LogP contribution in [0, 0.1) is 0 Å². The zero-order valence-corrected chi connectivity index (χ0v) is 13.0. The fraction of sp³-hybridized carbons (Fsp3) is 0.643. The number of rotatable bonds is 3. The molecule has 0 spiro atoms. The lowest BCUT2D eigenvalue weighted by Crippen LogP contribution is -2.38. The van der Waals surface area contributed by atoms with Gasteiger partial charge in [0.1, 0.15) is 5.82 Å². The lowest BCUT2D eigenvalue weighted by atomic mass is 9.94. The van der Waals surface area contributed by atoms with E-state index in [-0.39, 0.29) is 17.2 Å². The first-order valence-electron chi connectivity index (χ1n) is 7.15.